The van der Waals surface area contributed by atoms with E-state index in [9.17, 15) is 14.4 Å². The Morgan fingerprint density at radius 2 is 0.960 bits per heavy atom. The smallest absolute Gasteiger partial charge is 0.374 e. The van der Waals surface area contributed by atoms with Crippen molar-refractivity contribution in [3.05, 3.63) is 38.0 Å². The Bertz CT molecular complexity index is 442. The van der Waals surface area contributed by atoms with E-state index in [0.717, 1.165) is 0 Å². The van der Waals surface area contributed by atoms with Gasteiger partial charge in [-0.3, -0.25) is 14.4 Å². The molecular weight excluding hydrogens is 403 g/mol. The quantitative estimate of drug-likeness (QED) is 0.253. The van der Waals surface area contributed by atoms with Gasteiger partial charge in [-0.15, -0.1) is 19.7 Å². The molecule has 0 fully saturated rings. The third kappa shape index (κ3) is 9.99. The van der Waals surface area contributed by atoms with Crippen LogP contribution in [0.25, 0.3) is 0 Å². The zero-order valence-electron chi connectivity index (χ0n) is 13.4. The molecule has 0 saturated carbocycles. The topological polar surface area (TPSA) is 78.9 Å². The molecule has 3 atom stereocenters. The van der Waals surface area contributed by atoms with Crippen molar-refractivity contribution < 1.29 is 28.0 Å². The van der Waals surface area contributed by atoms with Gasteiger partial charge in [0.15, 0.2) is 0 Å². The van der Waals surface area contributed by atoms with Crippen LogP contribution in [0.15, 0.2) is 38.0 Å². The number of allylic oxidation sites excluding steroid dienone is 3. The molecule has 0 aromatic carbocycles. The van der Waals surface area contributed by atoms with Gasteiger partial charge in [-0.25, -0.2) is 0 Å². The number of hydrogen-bond acceptors (Lipinski definition) is 9. The predicted octanol–water partition coefficient (Wildman–Crippen LogP) is 3.47. The fourth-order valence-corrected chi connectivity index (χ4v) is 3.01. The second kappa shape index (κ2) is 13.3. The second-order valence-electron chi connectivity index (χ2n) is 4.58. The van der Waals surface area contributed by atoms with Crippen LogP contribution in [0.4, 0.5) is 0 Å². The summed E-state index contributed by atoms with van der Waals surface area (Å²) in [6.07, 6.45) is 5.10. The van der Waals surface area contributed by atoms with Crippen molar-refractivity contribution in [3.8, 4) is 0 Å². The highest BCUT2D eigenvalue weighted by Gasteiger charge is 2.33. The Labute approximate surface area is 165 Å². The van der Waals surface area contributed by atoms with Gasteiger partial charge in [0.1, 0.15) is 15.7 Å². The van der Waals surface area contributed by atoms with E-state index >= 15 is 0 Å². The molecular formula is C15H21O6PS3. The van der Waals surface area contributed by atoms with Crippen molar-refractivity contribution in [2.75, 3.05) is 0 Å². The molecule has 25 heavy (non-hydrogen) atoms. The lowest BCUT2D eigenvalue weighted by Crippen LogP contribution is -2.23. The maximum Gasteiger partial charge on any atom is 0.537 e. The Morgan fingerprint density at radius 3 is 1.16 bits per heavy atom. The molecule has 0 aliphatic heterocycles. The summed E-state index contributed by atoms with van der Waals surface area (Å²) in [7, 11) is -2.61. The Balaban J connectivity index is 5.02. The molecule has 0 radical (unpaired) electrons. The predicted molar refractivity (Wildman–Crippen MR) is 108 cm³/mol. The maximum absolute atomic E-state index is 11.9. The number of hydrogen-bond donors (Lipinski definition) is 3. The summed E-state index contributed by atoms with van der Waals surface area (Å²) in [4.78, 5) is 35.7. The summed E-state index contributed by atoms with van der Waals surface area (Å²) >= 11 is 12.1. The van der Waals surface area contributed by atoms with E-state index in [2.05, 4.69) is 57.6 Å². The lowest BCUT2D eigenvalue weighted by atomic mass is 10.3. The molecule has 0 amide bonds. The van der Waals surface area contributed by atoms with Crippen molar-refractivity contribution in [1.29, 1.82) is 0 Å². The van der Waals surface area contributed by atoms with E-state index in [4.69, 9.17) is 13.6 Å². The second-order valence-corrected chi connectivity index (χ2v) is 7.44. The van der Waals surface area contributed by atoms with Crippen LogP contribution >= 0.6 is 46.5 Å². The fourth-order valence-electron chi connectivity index (χ4n) is 1.22. The molecule has 0 aromatic rings. The molecule has 10 heteroatoms. The number of rotatable bonds is 12. The molecule has 0 N–H and O–H groups in total. The van der Waals surface area contributed by atoms with E-state index in [1.54, 1.807) is 0 Å². The molecule has 0 heterocycles. The average Bonchev–Trinajstić information content (AvgIpc) is 2.55. The Morgan fingerprint density at radius 1 is 0.720 bits per heavy atom. The van der Waals surface area contributed by atoms with Crippen LogP contribution in [0.5, 0.6) is 0 Å². The van der Waals surface area contributed by atoms with Crippen LogP contribution in [0.1, 0.15) is 19.3 Å². The van der Waals surface area contributed by atoms with E-state index in [-0.39, 0.29) is 19.3 Å². The molecule has 0 aliphatic rings. The summed E-state index contributed by atoms with van der Waals surface area (Å²) in [6, 6.07) is 0. The van der Waals surface area contributed by atoms with Gasteiger partial charge in [0.05, 0.1) is 0 Å². The van der Waals surface area contributed by atoms with E-state index in [1.165, 1.54) is 18.2 Å². The zero-order valence-corrected chi connectivity index (χ0v) is 17.0. The highest BCUT2D eigenvalue weighted by Crippen LogP contribution is 2.42. The molecule has 0 spiro atoms. The number of carbonyl (C=O) groups excluding carboxylic acids is 3. The molecule has 0 aromatic heterocycles. The maximum atomic E-state index is 11.9. The molecule has 3 unspecified atom stereocenters. The highest BCUT2D eigenvalue weighted by molar-refractivity contribution is 7.82. The Kier molecular flexibility index (Phi) is 12.9. The molecule has 6 nitrogen and oxygen atoms in total. The highest BCUT2D eigenvalue weighted by atomic mass is 32.1. The molecule has 0 aliphatic carbocycles. The molecule has 140 valence electrons. The largest absolute Gasteiger partial charge is 0.537 e. The first-order valence-electron chi connectivity index (χ1n) is 7.09. The minimum absolute atomic E-state index is 0.227. The van der Waals surface area contributed by atoms with Gasteiger partial charge in [-0.2, -0.15) is 37.9 Å². The Hall–Kier alpha value is -0.890. The zero-order chi connectivity index (χ0) is 19.4. The standard InChI is InChI=1S/C15H21O6PS3/c1-4-7-10(23)13(16)19-22(20-14(17)11(24)8-5-2)21-15(18)12(25)9-6-3/h4-6,10-12,23-25H,1-3,7-9H2. The first-order valence-corrected chi connectivity index (χ1v) is 9.73. The monoisotopic (exact) mass is 424 g/mol. The fraction of sp³-hybridized carbons (Fsp3) is 0.400. The van der Waals surface area contributed by atoms with Crippen molar-refractivity contribution in [3.63, 3.8) is 0 Å². The minimum atomic E-state index is -2.61. The lowest BCUT2D eigenvalue weighted by molar-refractivity contribution is -0.141. The molecule has 0 rings (SSSR count). The van der Waals surface area contributed by atoms with Crippen LogP contribution in [0.3, 0.4) is 0 Å². The third-order valence-electron chi connectivity index (χ3n) is 2.48. The minimum Gasteiger partial charge on any atom is -0.374 e. The van der Waals surface area contributed by atoms with Crippen molar-refractivity contribution >= 4 is 64.4 Å². The summed E-state index contributed by atoms with van der Waals surface area (Å²) in [5.41, 5.74) is 0. The van der Waals surface area contributed by atoms with Crippen LogP contribution in [0, 0.1) is 0 Å². The number of carbonyl (C=O) groups is 3. The lowest BCUT2D eigenvalue weighted by Gasteiger charge is -2.18. The van der Waals surface area contributed by atoms with Gasteiger partial charge in [0, 0.05) is 0 Å². The van der Waals surface area contributed by atoms with Gasteiger partial charge in [0.25, 0.3) is 0 Å². The SMILES string of the molecule is C=CCC(S)C(=O)OP(OC(=O)C(S)CC=C)OC(=O)C(S)CC=C. The number of thiol groups is 3. The molecule has 0 bridgehead atoms. The first kappa shape index (κ1) is 24.1. The summed E-state index contributed by atoms with van der Waals surface area (Å²) in [6.45, 7) is 10.5. The first-order chi connectivity index (χ1) is 11.8. The summed E-state index contributed by atoms with van der Waals surface area (Å²) < 4.78 is 14.9. The normalized spacial score (nSPS) is 15.0. The van der Waals surface area contributed by atoms with E-state index in [1.807, 2.05) is 0 Å². The molecule has 0 saturated heterocycles. The van der Waals surface area contributed by atoms with Gasteiger partial charge in [-0.1, -0.05) is 18.2 Å². The van der Waals surface area contributed by atoms with E-state index in [0.29, 0.717) is 0 Å². The van der Waals surface area contributed by atoms with E-state index < -0.39 is 42.3 Å². The van der Waals surface area contributed by atoms with Crippen LogP contribution in [-0.2, 0) is 28.0 Å². The average molecular weight is 425 g/mol. The third-order valence-corrected chi connectivity index (χ3v) is 4.73. The summed E-state index contributed by atoms with van der Waals surface area (Å²) in [5.74, 6) is -2.43. The van der Waals surface area contributed by atoms with Crippen LogP contribution in [0.2, 0.25) is 0 Å². The van der Waals surface area contributed by atoms with Crippen molar-refractivity contribution in [2.24, 2.45) is 0 Å². The van der Waals surface area contributed by atoms with Crippen LogP contribution < -0.4 is 0 Å². The van der Waals surface area contributed by atoms with Gasteiger partial charge in [-0.05, 0) is 19.3 Å². The van der Waals surface area contributed by atoms with Gasteiger partial charge in [0.2, 0.25) is 0 Å². The van der Waals surface area contributed by atoms with Crippen molar-refractivity contribution in [2.45, 2.75) is 35.0 Å². The van der Waals surface area contributed by atoms with Crippen LogP contribution in [-0.4, -0.2) is 33.7 Å². The van der Waals surface area contributed by atoms with Crippen molar-refractivity contribution in [1.82, 2.24) is 0 Å². The van der Waals surface area contributed by atoms with Gasteiger partial charge >= 0.3 is 26.5 Å². The summed E-state index contributed by atoms with van der Waals surface area (Å²) in [5, 5.41) is -2.50. The van der Waals surface area contributed by atoms with Gasteiger partial charge < -0.3 is 13.6 Å².